The molecule has 3 heterocycles. The zero-order chi connectivity index (χ0) is 21.1. The lowest BCUT2D eigenvalue weighted by atomic mass is 9.86. The quantitative estimate of drug-likeness (QED) is 0.227. The Morgan fingerprint density at radius 2 is 2.14 bits per heavy atom. The number of guanidine groups is 2. The Hall–Kier alpha value is -2.67. The molecule has 2 unspecified atom stereocenters. The number of nitrogens with one attached hydrogen (secondary N) is 1. The maximum Gasteiger partial charge on any atom is 0.340 e. The van der Waals surface area contributed by atoms with Gasteiger partial charge in [-0.3, -0.25) is 0 Å². The molecule has 11 nitrogen and oxygen atoms in total. The highest BCUT2D eigenvalue weighted by Gasteiger charge is 2.74. The van der Waals surface area contributed by atoms with Gasteiger partial charge in [-0.1, -0.05) is 11.6 Å². The third-order valence-corrected chi connectivity index (χ3v) is 5.65. The Morgan fingerprint density at radius 3 is 2.79 bits per heavy atom. The number of halogens is 2. The van der Waals surface area contributed by atoms with E-state index in [-0.39, 0.29) is 29.0 Å². The number of nitrogens with two attached hydrogens (primary N) is 2. The van der Waals surface area contributed by atoms with E-state index >= 15 is 0 Å². The standard InChI is InChI=1S/C16H18ClFN6O5/c17-8-3-6(18)1-2-7(8)12(26)29-10-4-24-14(20)21-9(5-25)11-15(24,16(10,27)28)23-13(19)22-11/h1-3,9-11,25,27-28H,4-5H2,(H2,20,21)(H3,19,22,23)/t9-,10-,11?,15?/m0/s1. The number of ether oxygens (including phenoxy) is 1. The van der Waals surface area contributed by atoms with Gasteiger partial charge in [0.2, 0.25) is 5.79 Å². The van der Waals surface area contributed by atoms with Gasteiger partial charge in [-0.2, -0.15) is 0 Å². The molecule has 0 bridgehead atoms. The topological polar surface area (TPSA) is 179 Å². The number of aliphatic imine (C=N–C) groups is 2. The molecule has 29 heavy (non-hydrogen) atoms. The number of aliphatic hydroxyl groups is 3. The highest BCUT2D eigenvalue weighted by Crippen LogP contribution is 2.45. The summed E-state index contributed by atoms with van der Waals surface area (Å²) in [5.41, 5.74) is 9.74. The summed E-state index contributed by atoms with van der Waals surface area (Å²) in [6.45, 7) is -0.748. The van der Waals surface area contributed by atoms with Crippen LogP contribution in [-0.4, -0.2) is 80.9 Å². The number of benzene rings is 1. The van der Waals surface area contributed by atoms with Gasteiger partial charge in [0.1, 0.15) is 17.9 Å². The number of carbonyl (C=O) groups excluding carboxylic acids is 1. The van der Waals surface area contributed by atoms with Gasteiger partial charge < -0.3 is 41.7 Å². The van der Waals surface area contributed by atoms with Crippen LogP contribution < -0.4 is 16.8 Å². The van der Waals surface area contributed by atoms with Gasteiger partial charge in [0, 0.05) is 0 Å². The largest absolute Gasteiger partial charge is 0.451 e. The molecule has 1 spiro atoms. The van der Waals surface area contributed by atoms with Crippen molar-refractivity contribution in [3.05, 3.63) is 34.6 Å². The summed E-state index contributed by atoms with van der Waals surface area (Å²) in [6.07, 6.45) is -1.53. The molecule has 0 aromatic heterocycles. The van der Waals surface area contributed by atoms with Gasteiger partial charge in [0.15, 0.2) is 23.7 Å². The highest BCUT2D eigenvalue weighted by atomic mass is 35.5. The van der Waals surface area contributed by atoms with Crippen molar-refractivity contribution in [2.75, 3.05) is 13.2 Å². The van der Waals surface area contributed by atoms with E-state index in [1.807, 2.05) is 0 Å². The normalized spacial score (nSPS) is 32.0. The smallest absolute Gasteiger partial charge is 0.340 e. The summed E-state index contributed by atoms with van der Waals surface area (Å²) in [5.74, 6) is -4.63. The van der Waals surface area contributed by atoms with Crippen LogP contribution in [0, 0.1) is 5.82 Å². The summed E-state index contributed by atoms with van der Waals surface area (Å²) < 4.78 is 18.5. The summed E-state index contributed by atoms with van der Waals surface area (Å²) in [7, 11) is 0. The van der Waals surface area contributed by atoms with Crippen LogP contribution in [0.5, 0.6) is 0 Å². The second-order valence-electron chi connectivity index (χ2n) is 6.94. The molecule has 4 atom stereocenters. The first-order valence-electron chi connectivity index (χ1n) is 8.55. The molecule has 8 N–H and O–H groups in total. The van der Waals surface area contributed by atoms with Crippen LogP contribution in [0.2, 0.25) is 5.02 Å². The average Bonchev–Trinajstić information content (AvgIpc) is 3.10. The molecular weight excluding hydrogens is 411 g/mol. The van der Waals surface area contributed by atoms with Crippen molar-refractivity contribution in [2.45, 2.75) is 29.6 Å². The van der Waals surface area contributed by atoms with Gasteiger partial charge in [-0.25, -0.2) is 19.2 Å². The van der Waals surface area contributed by atoms with Crippen molar-refractivity contribution in [1.29, 1.82) is 0 Å². The van der Waals surface area contributed by atoms with Gasteiger partial charge in [0.05, 0.1) is 23.7 Å². The van der Waals surface area contributed by atoms with Crippen LogP contribution in [0.4, 0.5) is 4.39 Å². The second-order valence-corrected chi connectivity index (χ2v) is 7.35. The maximum atomic E-state index is 13.2. The van der Waals surface area contributed by atoms with Gasteiger partial charge >= 0.3 is 5.97 Å². The molecule has 0 radical (unpaired) electrons. The van der Waals surface area contributed by atoms with Gasteiger partial charge in [-0.15, -0.1) is 0 Å². The Bertz CT molecular complexity index is 942. The van der Waals surface area contributed by atoms with Crippen molar-refractivity contribution >= 4 is 29.5 Å². The number of hydrogen-bond donors (Lipinski definition) is 6. The predicted molar refractivity (Wildman–Crippen MR) is 98.3 cm³/mol. The zero-order valence-corrected chi connectivity index (χ0v) is 15.5. The SMILES string of the molecule is NC1=NC2[C@H](CO)N=C(N)N3C[C@H](OC(=O)c4ccc(F)cc4Cl)C(O)(O)C23N1. The van der Waals surface area contributed by atoms with E-state index in [4.69, 9.17) is 27.8 Å². The van der Waals surface area contributed by atoms with Crippen LogP contribution in [0.25, 0.3) is 0 Å². The minimum atomic E-state index is -2.74. The fraction of sp³-hybridized carbons (Fsp3) is 0.438. The lowest BCUT2D eigenvalue weighted by Crippen LogP contribution is -2.77. The van der Waals surface area contributed by atoms with E-state index in [2.05, 4.69) is 15.3 Å². The summed E-state index contributed by atoms with van der Waals surface area (Å²) in [4.78, 5) is 22.0. The molecule has 1 saturated heterocycles. The van der Waals surface area contributed by atoms with Crippen LogP contribution in [-0.2, 0) is 4.74 Å². The molecule has 1 aromatic carbocycles. The fourth-order valence-corrected chi connectivity index (χ4v) is 4.26. The summed E-state index contributed by atoms with van der Waals surface area (Å²) in [6, 6.07) is 1.14. The molecule has 0 saturated carbocycles. The molecule has 1 fully saturated rings. The fourth-order valence-electron chi connectivity index (χ4n) is 4.02. The number of aliphatic hydroxyl groups excluding tert-OH is 1. The lowest BCUT2D eigenvalue weighted by Gasteiger charge is -2.48. The Labute approximate surface area is 168 Å². The molecule has 0 aliphatic carbocycles. The maximum absolute atomic E-state index is 13.2. The van der Waals surface area contributed by atoms with Crippen LogP contribution in [0.3, 0.4) is 0 Å². The Morgan fingerprint density at radius 1 is 1.41 bits per heavy atom. The summed E-state index contributed by atoms with van der Waals surface area (Å²) >= 11 is 5.88. The molecule has 156 valence electrons. The van der Waals surface area contributed by atoms with Crippen LogP contribution >= 0.6 is 11.6 Å². The number of hydrogen-bond acceptors (Lipinski definition) is 11. The van der Waals surface area contributed by atoms with E-state index in [0.717, 1.165) is 18.2 Å². The summed E-state index contributed by atoms with van der Waals surface area (Å²) in [5, 5.41) is 34.2. The minimum Gasteiger partial charge on any atom is -0.451 e. The third kappa shape index (κ3) is 2.64. The van der Waals surface area contributed by atoms with Crippen molar-refractivity contribution in [2.24, 2.45) is 21.5 Å². The Balaban J connectivity index is 1.69. The number of rotatable bonds is 3. The third-order valence-electron chi connectivity index (χ3n) is 5.34. The first kappa shape index (κ1) is 19.6. The number of nitrogens with zero attached hydrogens (tertiary/aromatic N) is 3. The van der Waals surface area contributed by atoms with Crippen molar-refractivity contribution in [1.82, 2.24) is 10.2 Å². The zero-order valence-electron chi connectivity index (χ0n) is 14.8. The minimum absolute atomic E-state index is 0.121. The molecule has 13 heteroatoms. The average molecular weight is 429 g/mol. The molecule has 0 amide bonds. The highest BCUT2D eigenvalue weighted by molar-refractivity contribution is 6.33. The van der Waals surface area contributed by atoms with Gasteiger partial charge in [0.25, 0.3) is 0 Å². The first-order chi connectivity index (χ1) is 13.6. The number of carbonyl (C=O) groups is 1. The predicted octanol–water partition coefficient (Wildman–Crippen LogP) is -2.33. The van der Waals surface area contributed by atoms with Crippen LogP contribution in [0.15, 0.2) is 28.2 Å². The molecule has 4 rings (SSSR count). The van der Waals surface area contributed by atoms with E-state index in [1.165, 1.54) is 4.90 Å². The van der Waals surface area contributed by atoms with Crippen LogP contribution in [0.1, 0.15) is 10.4 Å². The van der Waals surface area contributed by atoms with E-state index < -0.39 is 48.0 Å². The van der Waals surface area contributed by atoms with E-state index in [9.17, 15) is 24.5 Å². The van der Waals surface area contributed by atoms with Crippen molar-refractivity contribution in [3.8, 4) is 0 Å². The Kier molecular flexibility index (Phi) is 4.35. The number of esters is 1. The second kappa shape index (κ2) is 6.42. The van der Waals surface area contributed by atoms with Gasteiger partial charge in [-0.05, 0) is 18.2 Å². The van der Waals surface area contributed by atoms with E-state index in [0.29, 0.717) is 0 Å². The van der Waals surface area contributed by atoms with Crippen molar-refractivity contribution < 1.29 is 29.2 Å². The molecule has 1 aromatic rings. The molecule has 3 aliphatic heterocycles. The van der Waals surface area contributed by atoms with Crippen molar-refractivity contribution in [3.63, 3.8) is 0 Å². The molecular formula is C16H18ClFN6O5. The first-order valence-corrected chi connectivity index (χ1v) is 8.93. The van der Waals surface area contributed by atoms with E-state index in [1.54, 1.807) is 0 Å². The monoisotopic (exact) mass is 428 g/mol. The molecule has 3 aliphatic rings. The lowest BCUT2D eigenvalue weighted by molar-refractivity contribution is -0.257.